The van der Waals surface area contributed by atoms with Gasteiger partial charge in [0, 0.05) is 37.3 Å². The van der Waals surface area contributed by atoms with Crippen molar-refractivity contribution in [2.24, 2.45) is 5.92 Å². The molecule has 0 aromatic carbocycles. The molecule has 106 valence electrons. The lowest BCUT2D eigenvalue weighted by molar-refractivity contribution is 0.142. The molecule has 0 aliphatic carbocycles. The van der Waals surface area contributed by atoms with Gasteiger partial charge in [-0.3, -0.25) is 4.90 Å². The Bertz CT molecular complexity index is 623. The number of H-pyrrole nitrogens is 1. The second kappa shape index (κ2) is 5.22. The van der Waals surface area contributed by atoms with E-state index in [9.17, 15) is 5.11 Å². The van der Waals surface area contributed by atoms with Crippen LogP contribution in [0.15, 0.2) is 25.2 Å². The number of hydrogen-bond acceptors (Lipinski definition) is 5. The molecule has 1 saturated heterocycles. The lowest BCUT2D eigenvalue weighted by Gasteiger charge is -2.14. The lowest BCUT2D eigenvalue weighted by atomic mass is 10.0. The Morgan fingerprint density at radius 3 is 3.15 bits per heavy atom. The topological polar surface area (TPSA) is 91.1 Å². The van der Waals surface area contributed by atoms with E-state index in [0.29, 0.717) is 12.4 Å². The van der Waals surface area contributed by atoms with Crippen molar-refractivity contribution < 1.29 is 5.11 Å². The molecule has 0 unspecified atom stereocenters. The summed E-state index contributed by atoms with van der Waals surface area (Å²) in [5, 5.41) is 10.0. The first kappa shape index (κ1) is 13.1. The largest absolute Gasteiger partial charge is 0.391 e. The fourth-order valence-corrected chi connectivity index (χ4v) is 2.89. The maximum absolute atomic E-state index is 10.0. The summed E-state index contributed by atoms with van der Waals surface area (Å²) in [4.78, 5) is 13.6. The lowest BCUT2D eigenvalue weighted by Crippen LogP contribution is -2.21. The van der Waals surface area contributed by atoms with E-state index in [1.54, 1.807) is 0 Å². The molecule has 3 heterocycles. The van der Waals surface area contributed by atoms with Gasteiger partial charge in [0.2, 0.25) is 0 Å². The van der Waals surface area contributed by atoms with Crippen molar-refractivity contribution in [2.75, 3.05) is 18.8 Å². The van der Waals surface area contributed by atoms with Gasteiger partial charge in [-0.1, -0.05) is 6.08 Å². The van der Waals surface area contributed by atoms with E-state index in [1.165, 1.54) is 6.33 Å². The summed E-state index contributed by atoms with van der Waals surface area (Å²) >= 11 is 0. The highest BCUT2D eigenvalue weighted by Gasteiger charge is 2.30. The molecule has 0 spiro atoms. The quantitative estimate of drug-likeness (QED) is 0.720. The van der Waals surface area contributed by atoms with Gasteiger partial charge in [-0.15, -0.1) is 6.58 Å². The van der Waals surface area contributed by atoms with Crippen LogP contribution in [0, 0.1) is 5.92 Å². The van der Waals surface area contributed by atoms with Crippen molar-refractivity contribution in [3.8, 4) is 0 Å². The molecular weight excluding hydrogens is 254 g/mol. The van der Waals surface area contributed by atoms with Crippen molar-refractivity contribution in [1.29, 1.82) is 0 Å². The van der Waals surface area contributed by atoms with E-state index in [1.807, 2.05) is 12.3 Å². The van der Waals surface area contributed by atoms with Crippen molar-refractivity contribution in [1.82, 2.24) is 19.9 Å². The molecule has 2 atom stereocenters. The number of β-amino-alcohol motifs (C(OH)–C–C–N with tert-alkyl or cyclic N) is 1. The van der Waals surface area contributed by atoms with E-state index in [2.05, 4.69) is 26.4 Å². The number of rotatable bonds is 4. The zero-order chi connectivity index (χ0) is 14.1. The predicted molar refractivity (Wildman–Crippen MR) is 77.9 cm³/mol. The third-order valence-electron chi connectivity index (χ3n) is 3.92. The predicted octanol–water partition coefficient (Wildman–Crippen LogP) is 0.909. The number of hydrogen-bond donors (Lipinski definition) is 3. The molecule has 6 nitrogen and oxygen atoms in total. The van der Waals surface area contributed by atoms with E-state index in [4.69, 9.17) is 5.73 Å². The van der Waals surface area contributed by atoms with Gasteiger partial charge in [0.15, 0.2) is 5.82 Å². The van der Waals surface area contributed by atoms with Crippen LogP contribution >= 0.6 is 0 Å². The minimum Gasteiger partial charge on any atom is -0.391 e. The third kappa shape index (κ3) is 2.28. The summed E-state index contributed by atoms with van der Waals surface area (Å²) in [6.07, 6.45) is 5.84. The number of anilines is 1. The number of nitrogen functional groups attached to an aromatic ring is 1. The molecule has 1 aliphatic rings. The number of nitrogens with one attached hydrogen (secondary N) is 1. The number of nitrogens with zero attached hydrogens (tertiary/aromatic N) is 3. The van der Waals surface area contributed by atoms with Gasteiger partial charge in [-0.05, 0) is 6.42 Å². The van der Waals surface area contributed by atoms with Gasteiger partial charge < -0.3 is 15.8 Å². The van der Waals surface area contributed by atoms with Crippen LogP contribution < -0.4 is 5.73 Å². The number of aromatic nitrogens is 3. The van der Waals surface area contributed by atoms with Crippen LogP contribution in [0.5, 0.6) is 0 Å². The molecule has 6 heteroatoms. The van der Waals surface area contributed by atoms with Crippen molar-refractivity contribution in [3.05, 3.63) is 30.7 Å². The van der Waals surface area contributed by atoms with Crippen molar-refractivity contribution in [2.45, 2.75) is 19.1 Å². The summed E-state index contributed by atoms with van der Waals surface area (Å²) in [7, 11) is 0. The summed E-state index contributed by atoms with van der Waals surface area (Å²) in [5.41, 5.74) is 8.54. The van der Waals surface area contributed by atoms with Crippen LogP contribution in [-0.4, -0.2) is 44.2 Å². The second-order valence-corrected chi connectivity index (χ2v) is 5.34. The van der Waals surface area contributed by atoms with Gasteiger partial charge in [-0.2, -0.15) is 0 Å². The maximum atomic E-state index is 10.0. The Balaban J connectivity index is 1.77. The highest BCUT2D eigenvalue weighted by molar-refractivity contribution is 5.86. The van der Waals surface area contributed by atoms with Gasteiger partial charge in [0.25, 0.3) is 0 Å². The summed E-state index contributed by atoms with van der Waals surface area (Å²) in [5.74, 6) is 0.740. The average molecular weight is 273 g/mol. The summed E-state index contributed by atoms with van der Waals surface area (Å²) < 4.78 is 0. The zero-order valence-electron chi connectivity index (χ0n) is 11.3. The Hall–Kier alpha value is -1.92. The molecule has 2 aromatic rings. The number of nitrogens with two attached hydrogens (primary N) is 1. The van der Waals surface area contributed by atoms with Crippen LogP contribution in [0.4, 0.5) is 5.82 Å². The summed E-state index contributed by atoms with van der Waals surface area (Å²) in [6.45, 7) is 6.06. The Kier molecular flexibility index (Phi) is 3.42. The minimum absolute atomic E-state index is 0.275. The first-order valence-electron chi connectivity index (χ1n) is 6.76. The van der Waals surface area contributed by atoms with Crippen LogP contribution in [-0.2, 0) is 6.54 Å². The molecule has 0 saturated carbocycles. The van der Waals surface area contributed by atoms with Gasteiger partial charge in [-0.25, -0.2) is 9.97 Å². The maximum Gasteiger partial charge on any atom is 0.151 e. The Morgan fingerprint density at radius 1 is 1.50 bits per heavy atom. The van der Waals surface area contributed by atoms with Gasteiger partial charge in [0.05, 0.1) is 11.6 Å². The first-order chi connectivity index (χ1) is 9.69. The van der Waals surface area contributed by atoms with Crippen LogP contribution in [0.1, 0.15) is 12.0 Å². The van der Waals surface area contributed by atoms with E-state index >= 15 is 0 Å². The van der Waals surface area contributed by atoms with Crippen molar-refractivity contribution >= 4 is 16.9 Å². The first-order valence-corrected chi connectivity index (χ1v) is 6.76. The Morgan fingerprint density at radius 2 is 2.35 bits per heavy atom. The molecule has 0 radical (unpaired) electrons. The monoisotopic (exact) mass is 273 g/mol. The van der Waals surface area contributed by atoms with Gasteiger partial charge >= 0.3 is 0 Å². The highest BCUT2D eigenvalue weighted by Crippen LogP contribution is 2.25. The molecular formula is C14H19N5O. The number of aliphatic hydroxyl groups is 1. The molecule has 1 fully saturated rings. The number of allylic oxidation sites excluding steroid dienone is 1. The van der Waals surface area contributed by atoms with Gasteiger partial charge in [0.1, 0.15) is 11.8 Å². The third-order valence-corrected chi connectivity index (χ3v) is 3.92. The van der Waals surface area contributed by atoms with Crippen LogP contribution in [0.3, 0.4) is 0 Å². The normalized spacial score (nSPS) is 23.4. The number of aliphatic hydroxyl groups excluding tert-OH is 1. The number of aromatic amines is 1. The molecule has 20 heavy (non-hydrogen) atoms. The SMILES string of the molecule is C=CC[C@H]1CN(Cc2c[nH]c3c(N)ncnc23)C[C@@H]1O. The second-order valence-electron chi connectivity index (χ2n) is 5.34. The summed E-state index contributed by atoms with van der Waals surface area (Å²) in [6, 6.07) is 0. The van der Waals surface area contributed by atoms with Crippen molar-refractivity contribution in [3.63, 3.8) is 0 Å². The molecule has 1 aliphatic heterocycles. The number of likely N-dealkylation sites (tertiary alicyclic amines) is 1. The smallest absolute Gasteiger partial charge is 0.151 e. The Labute approximate surface area is 117 Å². The fraction of sp³-hybridized carbons (Fsp3) is 0.429. The molecule has 4 N–H and O–H groups in total. The van der Waals surface area contributed by atoms with E-state index in [0.717, 1.165) is 36.1 Å². The average Bonchev–Trinajstić information content (AvgIpc) is 2.97. The van der Waals surface area contributed by atoms with E-state index < -0.39 is 0 Å². The fourth-order valence-electron chi connectivity index (χ4n) is 2.89. The minimum atomic E-state index is -0.280. The highest BCUT2D eigenvalue weighted by atomic mass is 16.3. The molecule has 0 amide bonds. The molecule has 0 bridgehead atoms. The standard InChI is InChI=1S/C14H19N5O/c1-2-3-9-5-19(7-11(9)20)6-10-4-16-13-12(10)17-8-18-14(13)15/h2,4,8-9,11,16,20H,1,3,5-7H2,(H2,15,17,18)/t9-,11-/m0/s1. The van der Waals surface area contributed by atoms with E-state index in [-0.39, 0.29) is 12.0 Å². The zero-order valence-corrected chi connectivity index (χ0v) is 11.3. The molecule has 3 rings (SSSR count). The molecule has 2 aromatic heterocycles. The van der Waals surface area contributed by atoms with Crippen LogP contribution in [0.2, 0.25) is 0 Å². The number of fused-ring (bicyclic) bond motifs is 1. The van der Waals surface area contributed by atoms with Crippen LogP contribution in [0.25, 0.3) is 11.0 Å².